The lowest BCUT2D eigenvalue weighted by Crippen LogP contribution is -2.32. The molecule has 0 rings (SSSR count). The highest BCUT2D eigenvalue weighted by molar-refractivity contribution is 4.71. The van der Waals surface area contributed by atoms with Crippen molar-refractivity contribution in [3.05, 3.63) is 0 Å². The van der Waals surface area contributed by atoms with Gasteiger partial charge in [-0.2, -0.15) is 0 Å². The van der Waals surface area contributed by atoms with E-state index in [2.05, 4.69) is 55.4 Å². The lowest BCUT2D eigenvalue weighted by Gasteiger charge is -2.32. The minimum atomic E-state index is 0.418. The molecule has 0 saturated heterocycles. The van der Waals surface area contributed by atoms with Crippen molar-refractivity contribution >= 4 is 0 Å². The van der Waals surface area contributed by atoms with Gasteiger partial charge in [0.25, 0.3) is 0 Å². The Morgan fingerprint density at radius 2 is 0.882 bits per heavy atom. The van der Waals surface area contributed by atoms with Gasteiger partial charge in [0.1, 0.15) is 0 Å². The third-order valence-corrected chi connectivity index (χ3v) is 3.24. The quantitative estimate of drug-likeness (QED) is 0.572. The average Bonchev–Trinajstić information content (AvgIpc) is 2.13. The van der Waals surface area contributed by atoms with Gasteiger partial charge in [-0.15, -0.1) is 0 Å². The summed E-state index contributed by atoms with van der Waals surface area (Å²) in [6, 6.07) is 0. The number of rotatable bonds is 8. The molecule has 0 bridgehead atoms. The van der Waals surface area contributed by atoms with E-state index < -0.39 is 0 Å². The van der Waals surface area contributed by atoms with Crippen molar-refractivity contribution in [2.75, 3.05) is 0 Å². The molecule has 0 amide bonds. The Kier molecular flexibility index (Phi) is 8.11. The van der Waals surface area contributed by atoms with Crippen LogP contribution in [0.2, 0.25) is 0 Å². The molecule has 0 heterocycles. The van der Waals surface area contributed by atoms with Crippen LogP contribution in [0.1, 0.15) is 68.2 Å². The highest BCUT2D eigenvalue weighted by Gasteiger charge is 2.23. The average molecular weight is 242 g/mol. The first kappa shape index (κ1) is 17.0. The zero-order chi connectivity index (χ0) is 13.6. The molecule has 1 heteroatoms. The van der Waals surface area contributed by atoms with Gasteiger partial charge in [0.05, 0.1) is 12.2 Å². The monoisotopic (exact) mass is 242 g/mol. The first-order valence-electron chi connectivity index (χ1n) is 7.39. The third kappa shape index (κ3) is 7.81. The molecular weight excluding hydrogens is 208 g/mol. The summed E-state index contributed by atoms with van der Waals surface area (Å²) in [5.41, 5.74) is 0. The Morgan fingerprint density at radius 3 is 1.06 bits per heavy atom. The van der Waals surface area contributed by atoms with Crippen LogP contribution in [0, 0.1) is 23.7 Å². The molecule has 104 valence electrons. The van der Waals surface area contributed by atoms with E-state index >= 15 is 0 Å². The summed E-state index contributed by atoms with van der Waals surface area (Å²) in [6.45, 7) is 18.2. The SMILES string of the molecule is CC(C)CC(OC(CC(C)C)C(C)C)C(C)C. The minimum absolute atomic E-state index is 0.418. The largest absolute Gasteiger partial charge is 0.374 e. The molecule has 1 nitrogen and oxygen atoms in total. The third-order valence-electron chi connectivity index (χ3n) is 3.24. The second-order valence-corrected chi connectivity index (χ2v) is 6.96. The summed E-state index contributed by atoms with van der Waals surface area (Å²) in [5.74, 6) is 2.67. The molecule has 0 aromatic rings. The molecule has 0 N–H and O–H groups in total. The maximum absolute atomic E-state index is 6.40. The summed E-state index contributed by atoms with van der Waals surface area (Å²) in [5, 5.41) is 0. The molecule has 0 spiro atoms. The van der Waals surface area contributed by atoms with Crippen LogP contribution in [0.4, 0.5) is 0 Å². The normalized spacial score (nSPS) is 16.2. The van der Waals surface area contributed by atoms with Gasteiger partial charge in [-0.1, -0.05) is 55.4 Å². The van der Waals surface area contributed by atoms with Gasteiger partial charge in [0.15, 0.2) is 0 Å². The zero-order valence-corrected chi connectivity index (χ0v) is 13.3. The lowest BCUT2D eigenvalue weighted by molar-refractivity contribution is -0.0725. The van der Waals surface area contributed by atoms with Crippen LogP contribution in [0.25, 0.3) is 0 Å². The Balaban J connectivity index is 4.45. The first-order chi connectivity index (χ1) is 7.73. The summed E-state index contributed by atoms with van der Waals surface area (Å²) in [7, 11) is 0. The Bertz CT molecular complexity index is 162. The van der Waals surface area contributed by atoms with E-state index in [9.17, 15) is 0 Å². The zero-order valence-electron chi connectivity index (χ0n) is 13.3. The fraction of sp³-hybridized carbons (Fsp3) is 1.00. The smallest absolute Gasteiger partial charge is 0.0604 e. The molecule has 0 aliphatic carbocycles. The number of ether oxygens (including phenoxy) is 1. The molecular formula is C16H34O. The Morgan fingerprint density at radius 1 is 0.588 bits per heavy atom. The second-order valence-electron chi connectivity index (χ2n) is 6.96. The van der Waals surface area contributed by atoms with Crippen molar-refractivity contribution in [1.29, 1.82) is 0 Å². The Labute approximate surface area is 109 Å². The van der Waals surface area contributed by atoms with E-state index in [1.807, 2.05) is 0 Å². The standard InChI is InChI=1S/C16H34O/c1-11(2)9-15(13(5)6)17-16(14(7)8)10-12(3)4/h11-16H,9-10H2,1-8H3. The summed E-state index contributed by atoms with van der Waals surface area (Å²) in [4.78, 5) is 0. The molecule has 0 saturated carbocycles. The van der Waals surface area contributed by atoms with Crippen LogP contribution < -0.4 is 0 Å². The summed E-state index contributed by atoms with van der Waals surface area (Å²) < 4.78 is 6.40. The molecule has 2 atom stereocenters. The van der Waals surface area contributed by atoms with Gasteiger partial charge in [0, 0.05) is 0 Å². The second kappa shape index (κ2) is 8.13. The first-order valence-corrected chi connectivity index (χ1v) is 7.39. The van der Waals surface area contributed by atoms with Crippen LogP contribution in [0.5, 0.6) is 0 Å². The van der Waals surface area contributed by atoms with E-state index in [0.29, 0.717) is 35.9 Å². The van der Waals surface area contributed by atoms with Gasteiger partial charge in [-0.3, -0.25) is 0 Å². The van der Waals surface area contributed by atoms with E-state index in [1.165, 1.54) is 12.8 Å². The predicted molar refractivity (Wildman–Crippen MR) is 77.2 cm³/mol. The van der Waals surface area contributed by atoms with E-state index in [0.717, 1.165) is 0 Å². The van der Waals surface area contributed by atoms with Gasteiger partial charge >= 0.3 is 0 Å². The summed E-state index contributed by atoms with van der Waals surface area (Å²) in [6.07, 6.45) is 3.19. The van der Waals surface area contributed by atoms with Crippen molar-refractivity contribution in [3.63, 3.8) is 0 Å². The van der Waals surface area contributed by atoms with Crippen LogP contribution in [-0.4, -0.2) is 12.2 Å². The maximum atomic E-state index is 6.40. The highest BCUT2D eigenvalue weighted by atomic mass is 16.5. The molecule has 0 aromatic heterocycles. The van der Waals surface area contributed by atoms with Crippen LogP contribution >= 0.6 is 0 Å². The molecule has 0 radical (unpaired) electrons. The van der Waals surface area contributed by atoms with E-state index in [1.54, 1.807) is 0 Å². The summed E-state index contributed by atoms with van der Waals surface area (Å²) >= 11 is 0. The Hall–Kier alpha value is -0.0400. The molecule has 0 aliphatic rings. The van der Waals surface area contributed by atoms with E-state index in [-0.39, 0.29) is 0 Å². The topological polar surface area (TPSA) is 9.23 Å². The van der Waals surface area contributed by atoms with Crippen LogP contribution in [-0.2, 0) is 4.74 Å². The van der Waals surface area contributed by atoms with Gasteiger partial charge < -0.3 is 4.74 Å². The van der Waals surface area contributed by atoms with Gasteiger partial charge in [-0.05, 0) is 36.5 Å². The fourth-order valence-electron chi connectivity index (χ4n) is 2.12. The molecule has 0 aliphatic heterocycles. The van der Waals surface area contributed by atoms with E-state index in [4.69, 9.17) is 4.74 Å². The van der Waals surface area contributed by atoms with Crippen molar-refractivity contribution < 1.29 is 4.74 Å². The van der Waals surface area contributed by atoms with Crippen molar-refractivity contribution in [2.24, 2.45) is 23.7 Å². The van der Waals surface area contributed by atoms with Gasteiger partial charge in [-0.25, -0.2) is 0 Å². The molecule has 0 aromatic carbocycles. The molecule has 17 heavy (non-hydrogen) atoms. The molecule has 2 unspecified atom stereocenters. The maximum Gasteiger partial charge on any atom is 0.0604 e. The van der Waals surface area contributed by atoms with Crippen molar-refractivity contribution in [1.82, 2.24) is 0 Å². The van der Waals surface area contributed by atoms with Crippen LogP contribution in [0.15, 0.2) is 0 Å². The predicted octanol–water partition coefficient (Wildman–Crippen LogP) is 5.14. The fourth-order valence-corrected chi connectivity index (χ4v) is 2.12. The number of hydrogen-bond acceptors (Lipinski definition) is 1. The molecule has 0 fully saturated rings. The van der Waals surface area contributed by atoms with Crippen LogP contribution in [0.3, 0.4) is 0 Å². The van der Waals surface area contributed by atoms with Gasteiger partial charge in [0.2, 0.25) is 0 Å². The number of hydrogen-bond donors (Lipinski definition) is 0. The highest BCUT2D eigenvalue weighted by Crippen LogP contribution is 2.24. The van der Waals surface area contributed by atoms with Crippen molar-refractivity contribution in [2.45, 2.75) is 80.4 Å². The minimum Gasteiger partial charge on any atom is -0.374 e. The van der Waals surface area contributed by atoms with Crippen molar-refractivity contribution in [3.8, 4) is 0 Å². The lowest BCUT2D eigenvalue weighted by atomic mass is 9.94.